The summed E-state index contributed by atoms with van der Waals surface area (Å²) in [7, 11) is -1.95. The summed E-state index contributed by atoms with van der Waals surface area (Å²) in [5.74, 6) is 2.92. The number of nitrogens with zero attached hydrogens (tertiary/aromatic N) is 3. The monoisotopic (exact) mass is 637 g/mol. The maximum atomic E-state index is 11.1. The minimum atomic E-state index is -1.95. The van der Waals surface area contributed by atoms with Gasteiger partial charge < -0.3 is 20.6 Å². The molecule has 3 unspecified atom stereocenters. The maximum absolute atomic E-state index is 11.1. The third-order valence-corrected chi connectivity index (χ3v) is 15.1. The number of aryl methyl sites for hydroxylation is 1. The predicted molar refractivity (Wildman–Crippen MR) is 173 cm³/mol. The average molecular weight is 639 g/mol. The van der Waals surface area contributed by atoms with Gasteiger partial charge in [0, 0.05) is 16.7 Å². The van der Waals surface area contributed by atoms with Crippen LogP contribution in [0.25, 0.3) is 5.52 Å². The number of anilines is 1. The number of benzene rings is 1. The molecule has 4 saturated carbocycles. The second kappa shape index (κ2) is 10.1. The van der Waals surface area contributed by atoms with Crippen LogP contribution >= 0.6 is 15.9 Å². The van der Waals surface area contributed by atoms with Crippen molar-refractivity contribution >= 4 is 47.0 Å². The lowest BCUT2D eigenvalue weighted by Gasteiger charge is -2.58. The van der Waals surface area contributed by atoms with E-state index < -0.39 is 13.9 Å². The number of aliphatic imine (C=N–C) groups is 1. The number of nitrogens with two attached hydrogens (primary N) is 1. The Morgan fingerprint density at radius 2 is 1.93 bits per heavy atom. The highest BCUT2D eigenvalue weighted by Crippen LogP contribution is 2.56. The number of aromatic nitrogens is 2. The zero-order valence-electron chi connectivity index (χ0n) is 25.2. The van der Waals surface area contributed by atoms with Crippen LogP contribution in [-0.4, -0.2) is 40.5 Å². The summed E-state index contributed by atoms with van der Waals surface area (Å²) in [6, 6.07) is 8.56. The molecule has 0 spiro atoms. The van der Waals surface area contributed by atoms with Crippen LogP contribution in [-0.2, 0) is 6.42 Å². The summed E-state index contributed by atoms with van der Waals surface area (Å²) < 4.78 is 9.43. The van der Waals surface area contributed by atoms with Gasteiger partial charge in [-0.2, -0.15) is 5.10 Å². The molecule has 3 aromatic rings. The van der Waals surface area contributed by atoms with Crippen molar-refractivity contribution in [1.82, 2.24) is 9.61 Å². The van der Waals surface area contributed by atoms with Gasteiger partial charge in [-0.15, -0.1) is 0 Å². The third-order valence-electron chi connectivity index (χ3n) is 10.3. The molecule has 1 aromatic carbocycles. The number of amidine groups is 1. The summed E-state index contributed by atoms with van der Waals surface area (Å²) in [5, 5.41) is 19.9. The van der Waals surface area contributed by atoms with Crippen LogP contribution in [0.3, 0.4) is 0 Å². The average Bonchev–Trinajstić information content (AvgIpc) is 3.25. The van der Waals surface area contributed by atoms with E-state index in [1.807, 2.05) is 29.0 Å². The quantitative estimate of drug-likeness (QED) is 0.142. The number of nitrogens with one attached hydrogen (secondary N) is 1. The standard InChI is InChI=1S/C32H44BrN5O2Si/c1-7-20-12-24(40-41(5,6)31(2,3)4)8-9-26(20)36-30(34)25-17-35-38-18-23(33)13-27(38)29(25)37-28-21-10-19-11-22(28)16-32(39,14-19)15-21/h8-9,12-13,17-19,21-22,28,37,39H,7,10-11,14-16H2,1-6H3,(H2,34,36)/t19?,21-,22+,28?,32?. The van der Waals surface area contributed by atoms with E-state index in [4.69, 9.17) is 15.2 Å². The largest absolute Gasteiger partial charge is 0.543 e. The van der Waals surface area contributed by atoms with Crippen molar-refractivity contribution in [2.45, 2.75) is 96.0 Å². The number of aliphatic hydroxyl groups is 1. The summed E-state index contributed by atoms with van der Waals surface area (Å²) >= 11 is 3.63. The van der Waals surface area contributed by atoms with E-state index in [0.29, 0.717) is 29.6 Å². The Bertz CT molecular complexity index is 1490. The molecule has 0 aliphatic heterocycles. The first-order valence-corrected chi connectivity index (χ1v) is 18.8. The van der Waals surface area contributed by atoms with Crippen LogP contribution in [0.1, 0.15) is 70.9 Å². The van der Waals surface area contributed by atoms with Gasteiger partial charge in [0.15, 0.2) is 0 Å². The molecule has 220 valence electrons. The van der Waals surface area contributed by atoms with Gasteiger partial charge in [-0.05, 0) is 120 Å². The summed E-state index contributed by atoms with van der Waals surface area (Å²) in [4.78, 5) is 4.97. The molecular weight excluding hydrogens is 594 g/mol. The lowest BCUT2D eigenvalue weighted by molar-refractivity contribution is -0.129. The highest BCUT2D eigenvalue weighted by Gasteiger charge is 2.54. The predicted octanol–water partition coefficient (Wildman–Crippen LogP) is 7.43. The molecule has 5 atom stereocenters. The van der Waals surface area contributed by atoms with E-state index in [-0.39, 0.29) is 5.04 Å². The lowest BCUT2D eigenvalue weighted by Crippen LogP contribution is -2.59. The lowest BCUT2D eigenvalue weighted by atomic mass is 9.52. The van der Waals surface area contributed by atoms with Crippen LogP contribution in [0.5, 0.6) is 5.75 Å². The molecule has 7 nitrogen and oxygen atoms in total. The van der Waals surface area contributed by atoms with Gasteiger partial charge in [-0.25, -0.2) is 9.51 Å². The Labute approximate surface area is 253 Å². The van der Waals surface area contributed by atoms with Crippen molar-refractivity contribution in [3.8, 4) is 5.75 Å². The Morgan fingerprint density at radius 3 is 2.56 bits per heavy atom. The molecule has 0 saturated heterocycles. The molecule has 4 fully saturated rings. The molecule has 2 heterocycles. The Morgan fingerprint density at radius 1 is 1.22 bits per heavy atom. The van der Waals surface area contributed by atoms with Crippen molar-refractivity contribution in [2.75, 3.05) is 5.32 Å². The van der Waals surface area contributed by atoms with Gasteiger partial charge in [0.25, 0.3) is 0 Å². The molecule has 7 rings (SSSR count). The number of hydrogen-bond acceptors (Lipinski definition) is 5. The van der Waals surface area contributed by atoms with Crippen molar-refractivity contribution < 1.29 is 9.53 Å². The Kier molecular flexibility index (Phi) is 7.10. The second-order valence-electron chi connectivity index (χ2n) is 14.3. The zero-order valence-corrected chi connectivity index (χ0v) is 27.8. The SMILES string of the molecule is CCc1cc(O[Si](C)(C)C(C)(C)C)ccc1N=C(N)c1cnn2cc(Br)cc2c1NC1[C@@H]2CC3C[C@H]1CC(O)(C3)C2. The van der Waals surface area contributed by atoms with Gasteiger partial charge >= 0.3 is 0 Å². The van der Waals surface area contributed by atoms with Crippen LogP contribution in [0.4, 0.5) is 11.4 Å². The fourth-order valence-electron chi connectivity index (χ4n) is 7.41. The fraction of sp³-hybridized carbons (Fsp3) is 0.562. The normalized spacial score (nSPS) is 28.0. The van der Waals surface area contributed by atoms with E-state index in [9.17, 15) is 5.11 Å². The van der Waals surface area contributed by atoms with Crippen molar-refractivity contribution in [2.24, 2.45) is 28.5 Å². The highest BCUT2D eigenvalue weighted by atomic mass is 79.9. The maximum Gasteiger partial charge on any atom is 0.250 e. The first-order valence-electron chi connectivity index (χ1n) is 15.1. The van der Waals surface area contributed by atoms with Gasteiger partial charge in [-0.1, -0.05) is 27.7 Å². The zero-order chi connectivity index (χ0) is 29.3. The Hall–Kier alpha value is -2.36. The van der Waals surface area contributed by atoms with Crippen LogP contribution in [0.2, 0.25) is 18.1 Å². The summed E-state index contributed by atoms with van der Waals surface area (Å²) in [5.41, 5.74) is 11.0. The van der Waals surface area contributed by atoms with E-state index in [1.54, 1.807) is 0 Å². The molecule has 4 aliphatic carbocycles. The number of halogens is 1. The minimum absolute atomic E-state index is 0.124. The van der Waals surface area contributed by atoms with Crippen LogP contribution < -0.4 is 15.5 Å². The van der Waals surface area contributed by atoms with E-state index in [2.05, 4.69) is 79.3 Å². The fourth-order valence-corrected chi connectivity index (χ4v) is 8.84. The minimum Gasteiger partial charge on any atom is -0.543 e. The first-order chi connectivity index (χ1) is 19.2. The summed E-state index contributed by atoms with van der Waals surface area (Å²) in [6.45, 7) is 13.4. The van der Waals surface area contributed by atoms with Crippen molar-refractivity contribution in [3.63, 3.8) is 0 Å². The second-order valence-corrected chi connectivity index (χ2v) is 19.9. The summed E-state index contributed by atoms with van der Waals surface area (Å²) in [6.07, 6.45) is 9.72. The molecule has 2 aromatic heterocycles. The highest BCUT2D eigenvalue weighted by molar-refractivity contribution is 9.10. The third kappa shape index (κ3) is 5.34. The Balaban J connectivity index is 1.35. The van der Waals surface area contributed by atoms with E-state index in [0.717, 1.165) is 63.9 Å². The van der Waals surface area contributed by atoms with Gasteiger partial charge in [0.2, 0.25) is 8.32 Å². The van der Waals surface area contributed by atoms with E-state index in [1.165, 1.54) is 12.8 Å². The molecule has 0 amide bonds. The molecule has 4 N–H and O–H groups in total. The van der Waals surface area contributed by atoms with Gasteiger partial charge in [0.1, 0.15) is 11.6 Å². The molecule has 4 aliphatic rings. The number of fused-ring (bicyclic) bond motifs is 1. The first kappa shape index (κ1) is 28.7. The van der Waals surface area contributed by atoms with Crippen molar-refractivity contribution in [3.05, 3.63) is 52.3 Å². The molecule has 4 bridgehead atoms. The molecule has 9 heteroatoms. The topological polar surface area (TPSA) is 97.2 Å². The number of rotatable bonds is 7. The molecule has 41 heavy (non-hydrogen) atoms. The van der Waals surface area contributed by atoms with Gasteiger partial charge in [-0.3, -0.25) is 0 Å². The van der Waals surface area contributed by atoms with Gasteiger partial charge in [0.05, 0.1) is 34.3 Å². The van der Waals surface area contributed by atoms with Crippen LogP contribution in [0.15, 0.2) is 46.1 Å². The van der Waals surface area contributed by atoms with E-state index >= 15 is 0 Å². The molecular formula is C32H44BrN5O2Si. The van der Waals surface area contributed by atoms with Crippen LogP contribution in [0, 0.1) is 17.8 Å². The molecule has 0 radical (unpaired) electrons. The smallest absolute Gasteiger partial charge is 0.250 e. The van der Waals surface area contributed by atoms with Crippen molar-refractivity contribution in [1.29, 1.82) is 0 Å². The number of hydrogen-bond donors (Lipinski definition) is 3.